The molecule has 2 aliphatic rings. The first kappa shape index (κ1) is 32.2. The Balaban J connectivity index is 1.31. The molecule has 2 atom stereocenters. The number of hydrogen-bond donors (Lipinski definition) is 0. The summed E-state index contributed by atoms with van der Waals surface area (Å²) in [5, 5.41) is 0. The molecule has 2 unspecified atom stereocenters. The number of aryl methyl sites for hydroxylation is 1. The number of carbonyl (C=O) groups is 3. The number of urea groups is 1. The molecule has 2 aliphatic heterocycles. The van der Waals surface area contributed by atoms with E-state index in [0.717, 1.165) is 43.0 Å². The van der Waals surface area contributed by atoms with E-state index in [-0.39, 0.29) is 29.7 Å². The molecule has 45 heavy (non-hydrogen) atoms. The summed E-state index contributed by atoms with van der Waals surface area (Å²) in [6.45, 7) is 2.09. The number of hydrogen-bond acceptors (Lipinski definition) is 6. The van der Waals surface area contributed by atoms with E-state index in [9.17, 15) is 23.2 Å². The SMILES string of the molecule is COCC1=NC(=O)N(C(=O)CCCN2CCC(c3ccccc3)(c3cccn3C)CC2)C(c2ccc(F)c(F)c2)C1C(=O)OC. The largest absolute Gasteiger partial charge is 0.468 e. The zero-order valence-corrected chi connectivity index (χ0v) is 25.7. The van der Waals surface area contributed by atoms with Gasteiger partial charge in [0, 0.05) is 37.9 Å². The van der Waals surface area contributed by atoms with Crippen LogP contribution in [-0.4, -0.2) is 78.4 Å². The molecule has 0 aliphatic carbocycles. The molecule has 0 radical (unpaired) electrons. The smallest absolute Gasteiger partial charge is 0.350 e. The molecule has 3 aromatic rings. The minimum absolute atomic E-state index is 0.00687. The number of likely N-dealkylation sites (tertiary alicyclic amines) is 1. The van der Waals surface area contributed by atoms with Crippen molar-refractivity contribution < 1.29 is 32.6 Å². The van der Waals surface area contributed by atoms with Crippen LogP contribution in [0.3, 0.4) is 0 Å². The van der Waals surface area contributed by atoms with Crippen LogP contribution in [0.5, 0.6) is 0 Å². The molecular formula is C34H38F2N4O5. The maximum absolute atomic E-state index is 14.4. The molecule has 11 heteroatoms. The molecule has 3 amide bonds. The van der Waals surface area contributed by atoms with Gasteiger partial charge in [0.05, 0.1) is 25.5 Å². The zero-order chi connectivity index (χ0) is 32.1. The van der Waals surface area contributed by atoms with E-state index in [1.807, 2.05) is 6.07 Å². The summed E-state index contributed by atoms with van der Waals surface area (Å²) < 4.78 is 40.5. The fraction of sp³-hybridized carbons (Fsp3) is 0.412. The van der Waals surface area contributed by atoms with Gasteiger partial charge in [-0.15, -0.1) is 0 Å². The lowest BCUT2D eigenvalue weighted by Crippen LogP contribution is -2.51. The van der Waals surface area contributed by atoms with Gasteiger partial charge in [-0.3, -0.25) is 14.5 Å². The number of methoxy groups -OCH3 is 2. The predicted molar refractivity (Wildman–Crippen MR) is 164 cm³/mol. The lowest BCUT2D eigenvalue weighted by molar-refractivity contribution is -0.146. The lowest BCUT2D eigenvalue weighted by Gasteiger charge is -2.43. The maximum Gasteiger partial charge on any atom is 0.350 e. The van der Waals surface area contributed by atoms with E-state index in [1.165, 1.54) is 31.5 Å². The van der Waals surface area contributed by atoms with Crippen molar-refractivity contribution in [1.29, 1.82) is 0 Å². The Hall–Kier alpha value is -4.22. The highest BCUT2D eigenvalue weighted by Gasteiger charge is 2.47. The molecule has 0 spiro atoms. The van der Waals surface area contributed by atoms with Crippen molar-refractivity contribution in [2.45, 2.75) is 37.1 Å². The van der Waals surface area contributed by atoms with Crippen molar-refractivity contribution >= 4 is 23.6 Å². The second-order valence-electron chi connectivity index (χ2n) is 11.6. The summed E-state index contributed by atoms with van der Waals surface area (Å²) in [7, 11) is 4.61. The van der Waals surface area contributed by atoms with Gasteiger partial charge >= 0.3 is 12.0 Å². The fourth-order valence-electron chi connectivity index (χ4n) is 6.80. The quantitative estimate of drug-likeness (QED) is 0.295. The third-order valence-corrected chi connectivity index (χ3v) is 9.03. The van der Waals surface area contributed by atoms with Gasteiger partial charge < -0.3 is 18.9 Å². The average Bonchev–Trinajstić information content (AvgIpc) is 3.49. The van der Waals surface area contributed by atoms with Crippen LogP contribution in [0.25, 0.3) is 0 Å². The number of imide groups is 1. The van der Waals surface area contributed by atoms with Crippen molar-refractivity contribution in [3.63, 3.8) is 0 Å². The van der Waals surface area contributed by atoms with Crippen LogP contribution in [0.1, 0.15) is 48.5 Å². The first-order valence-corrected chi connectivity index (χ1v) is 15.0. The number of nitrogens with zero attached hydrogens (tertiary/aromatic N) is 4. The highest BCUT2D eigenvalue weighted by Crippen LogP contribution is 2.42. The van der Waals surface area contributed by atoms with Crippen molar-refractivity contribution in [3.8, 4) is 0 Å². The van der Waals surface area contributed by atoms with Gasteiger partial charge in [-0.2, -0.15) is 4.99 Å². The van der Waals surface area contributed by atoms with E-state index < -0.39 is 41.5 Å². The monoisotopic (exact) mass is 620 g/mol. The molecule has 2 aromatic carbocycles. The average molecular weight is 621 g/mol. The van der Waals surface area contributed by atoms with Crippen molar-refractivity contribution in [2.24, 2.45) is 18.0 Å². The van der Waals surface area contributed by atoms with Gasteiger partial charge in [0.2, 0.25) is 5.91 Å². The van der Waals surface area contributed by atoms with Crippen LogP contribution in [0.4, 0.5) is 13.6 Å². The third-order valence-electron chi connectivity index (χ3n) is 9.03. The summed E-state index contributed by atoms with van der Waals surface area (Å²) in [5.41, 5.74) is 2.54. The van der Waals surface area contributed by atoms with Crippen molar-refractivity contribution in [3.05, 3.63) is 95.3 Å². The molecule has 1 aromatic heterocycles. The van der Waals surface area contributed by atoms with E-state index in [0.29, 0.717) is 13.0 Å². The number of halogens is 2. The van der Waals surface area contributed by atoms with E-state index in [4.69, 9.17) is 9.47 Å². The van der Waals surface area contributed by atoms with Gasteiger partial charge in [0.25, 0.3) is 0 Å². The molecule has 3 heterocycles. The molecule has 0 saturated carbocycles. The van der Waals surface area contributed by atoms with E-state index >= 15 is 0 Å². The van der Waals surface area contributed by atoms with Gasteiger partial charge in [-0.05, 0) is 74.3 Å². The molecule has 238 valence electrons. The van der Waals surface area contributed by atoms with Crippen molar-refractivity contribution in [2.75, 3.05) is 40.5 Å². The van der Waals surface area contributed by atoms with Crippen LogP contribution in [-0.2, 0) is 31.5 Å². The summed E-state index contributed by atoms with van der Waals surface area (Å²) in [6.07, 6.45) is 4.33. The van der Waals surface area contributed by atoms with Crippen LogP contribution in [0.15, 0.2) is 71.9 Å². The Bertz CT molecular complexity index is 1570. The molecule has 0 bridgehead atoms. The first-order valence-electron chi connectivity index (χ1n) is 15.0. The van der Waals surface area contributed by atoms with Gasteiger partial charge in [-0.25, -0.2) is 13.6 Å². The maximum atomic E-state index is 14.4. The number of benzene rings is 2. The number of amides is 3. The molecule has 5 rings (SSSR count). The lowest BCUT2D eigenvalue weighted by atomic mass is 9.70. The Kier molecular flexibility index (Phi) is 9.89. The summed E-state index contributed by atoms with van der Waals surface area (Å²) in [6, 6.07) is 15.7. The molecule has 0 N–H and O–H groups in total. The van der Waals surface area contributed by atoms with Gasteiger partial charge in [0.15, 0.2) is 11.6 Å². The molecule has 9 nitrogen and oxygen atoms in total. The van der Waals surface area contributed by atoms with E-state index in [1.54, 1.807) is 0 Å². The normalized spacial score (nSPS) is 20.2. The Morgan fingerprint density at radius 2 is 1.73 bits per heavy atom. The van der Waals surface area contributed by atoms with Crippen molar-refractivity contribution in [1.82, 2.24) is 14.4 Å². The third kappa shape index (κ3) is 6.46. The summed E-state index contributed by atoms with van der Waals surface area (Å²) in [4.78, 5) is 47.0. The first-order chi connectivity index (χ1) is 21.7. The number of aliphatic imine (C=N–C) groups is 1. The minimum Gasteiger partial charge on any atom is -0.468 e. The van der Waals surface area contributed by atoms with Crippen LogP contribution >= 0.6 is 0 Å². The van der Waals surface area contributed by atoms with Crippen LogP contribution in [0.2, 0.25) is 0 Å². The Morgan fingerprint density at radius 1 is 1.00 bits per heavy atom. The topological polar surface area (TPSA) is 93.4 Å². The second kappa shape index (κ2) is 13.8. The Labute approximate surface area is 261 Å². The molecular weight excluding hydrogens is 582 g/mol. The number of esters is 1. The number of rotatable bonds is 10. The van der Waals surface area contributed by atoms with E-state index in [2.05, 4.69) is 64.1 Å². The van der Waals surface area contributed by atoms with Gasteiger partial charge in [-0.1, -0.05) is 36.4 Å². The van der Waals surface area contributed by atoms with Crippen LogP contribution < -0.4 is 0 Å². The second-order valence-corrected chi connectivity index (χ2v) is 11.6. The Morgan fingerprint density at radius 3 is 2.36 bits per heavy atom. The molecule has 1 fully saturated rings. The predicted octanol–water partition coefficient (Wildman–Crippen LogP) is 5.05. The number of ether oxygens (including phenoxy) is 2. The molecule has 1 saturated heterocycles. The summed E-state index contributed by atoms with van der Waals surface area (Å²) in [5.74, 6) is -4.85. The summed E-state index contributed by atoms with van der Waals surface area (Å²) >= 11 is 0. The highest BCUT2D eigenvalue weighted by atomic mass is 19.2. The van der Waals surface area contributed by atoms with Crippen LogP contribution in [0, 0.1) is 17.6 Å². The zero-order valence-electron chi connectivity index (χ0n) is 25.7. The minimum atomic E-state index is -1.28. The highest BCUT2D eigenvalue weighted by molar-refractivity contribution is 6.13. The number of aromatic nitrogens is 1. The standard InChI is InChI=1S/C34H38F2N4O5/c1-38-17-7-11-28(38)34(24-9-5-4-6-10-24)15-19-39(20-16-34)18-8-12-29(41)40-31(23-13-14-25(35)26(36)21-23)30(32(42)45-3)27(22-44-2)37-33(40)43/h4-7,9-11,13-14,17,21,30-31H,8,12,15-16,18-20,22H2,1-3H3. The van der Waals surface area contributed by atoms with Gasteiger partial charge in [0.1, 0.15) is 5.92 Å². The number of piperidine rings is 1. The number of carbonyl (C=O) groups excluding carboxylic acids is 3. The fourth-order valence-corrected chi connectivity index (χ4v) is 6.80.